The smallest absolute Gasteiger partial charge is 0.123 e. The summed E-state index contributed by atoms with van der Waals surface area (Å²) in [5.74, 6) is 2.75. The Bertz CT molecular complexity index is 424. The summed E-state index contributed by atoms with van der Waals surface area (Å²) < 4.78 is 18.6. The third kappa shape index (κ3) is 1.93. The third-order valence-electron chi connectivity index (χ3n) is 4.34. The average molecular weight is 235 g/mol. The van der Waals surface area contributed by atoms with E-state index in [0.29, 0.717) is 11.7 Å². The first kappa shape index (κ1) is 11.0. The SMILES string of the molecule is COc1ccc(F)cc1C(N)C1CC2CC2C1. The molecular weight excluding hydrogens is 217 g/mol. The molecule has 17 heavy (non-hydrogen) atoms. The minimum Gasteiger partial charge on any atom is -0.496 e. The summed E-state index contributed by atoms with van der Waals surface area (Å²) in [6.07, 6.45) is 3.78. The van der Waals surface area contributed by atoms with Crippen LogP contribution in [0.15, 0.2) is 18.2 Å². The van der Waals surface area contributed by atoms with Gasteiger partial charge >= 0.3 is 0 Å². The summed E-state index contributed by atoms with van der Waals surface area (Å²) >= 11 is 0. The molecule has 0 aromatic heterocycles. The molecule has 3 heteroatoms. The van der Waals surface area contributed by atoms with E-state index in [1.165, 1.54) is 31.4 Å². The largest absolute Gasteiger partial charge is 0.496 e. The van der Waals surface area contributed by atoms with Gasteiger partial charge in [0.2, 0.25) is 0 Å². The van der Waals surface area contributed by atoms with E-state index in [0.717, 1.165) is 17.4 Å². The summed E-state index contributed by atoms with van der Waals surface area (Å²) in [4.78, 5) is 0. The first-order chi connectivity index (χ1) is 8.19. The Morgan fingerprint density at radius 2 is 2.00 bits per heavy atom. The molecule has 0 aliphatic heterocycles. The molecule has 0 saturated heterocycles. The summed E-state index contributed by atoms with van der Waals surface area (Å²) in [6, 6.07) is 4.52. The molecule has 2 aliphatic carbocycles. The van der Waals surface area contributed by atoms with Crippen LogP contribution in [0.3, 0.4) is 0 Å². The van der Waals surface area contributed by atoms with Gasteiger partial charge in [0.15, 0.2) is 0 Å². The lowest BCUT2D eigenvalue weighted by Gasteiger charge is -2.22. The third-order valence-corrected chi connectivity index (χ3v) is 4.34. The van der Waals surface area contributed by atoms with Gasteiger partial charge in [0, 0.05) is 11.6 Å². The number of rotatable bonds is 3. The van der Waals surface area contributed by atoms with Crippen molar-refractivity contribution >= 4 is 0 Å². The molecule has 3 atom stereocenters. The van der Waals surface area contributed by atoms with E-state index in [2.05, 4.69) is 0 Å². The number of benzene rings is 1. The van der Waals surface area contributed by atoms with Crippen molar-refractivity contribution < 1.29 is 9.13 Å². The standard InChI is InChI=1S/C14H18FNO/c1-17-13-3-2-11(15)7-12(13)14(16)10-5-8-4-9(8)6-10/h2-3,7-10,14H,4-6,16H2,1H3. The second-order valence-electron chi connectivity index (χ2n) is 5.40. The van der Waals surface area contributed by atoms with Crippen molar-refractivity contribution in [1.82, 2.24) is 0 Å². The predicted octanol–water partition coefficient (Wildman–Crippen LogP) is 2.88. The number of hydrogen-bond acceptors (Lipinski definition) is 2. The highest BCUT2D eigenvalue weighted by molar-refractivity contribution is 5.37. The van der Waals surface area contributed by atoms with Gasteiger partial charge in [0.1, 0.15) is 11.6 Å². The first-order valence-corrected chi connectivity index (χ1v) is 6.28. The molecule has 0 radical (unpaired) electrons. The summed E-state index contributed by atoms with van der Waals surface area (Å²) in [5, 5.41) is 0. The fourth-order valence-corrected chi connectivity index (χ4v) is 3.27. The molecule has 0 amide bonds. The minimum absolute atomic E-state index is 0.0894. The van der Waals surface area contributed by atoms with E-state index in [1.54, 1.807) is 13.2 Å². The molecule has 0 bridgehead atoms. The van der Waals surface area contributed by atoms with Crippen molar-refractivity contribution in [1.29, 1.82) is 0 Å². The van der Waals surface area contributed by atoms with Crippen LogP contribution >= 0.6 is 0 Å². The van der Waals surface area contributed by atoms with Crippen LogP contribution in [0.1, 0.15) is 30.9 Å². The Balaban J connectivity index is 1.84. The Kier molecular flexibility index (Phi) is 2.58. The highest BCUT2D eigenvalue weighted by Crippen LogP contribution is 2.57. The zero-order valence-electron chi connectivity index (χ0n) is 10.0. The predicted molar refractivity (Wildman–Crippen MR) is 64.2 cm³/mol. The van der Waals surface area contributed by atoms with Gasteiger partial charge in [-0.2, -0.15) is 0 Å². The quantitative estimate of drug-likeness (QED) is 0.874. The van der Waals surface area contributed by atoms with E-state index in [-0.39, 0.29) is 11.9 Å². The van der Waals surface area contributed by atoms with Crippen LogP contribution in [0.4, 0.5) is 4.39 Å². The van der Waals surface area contributed by atoms with Crippen molar-refractivity contribution in [3.8, 4) is 5.75 Å². The number of fused-ring (bicyclic) bond motifs is 1. The number of hydrogen-bond donors (Lipinski definition) is 1. The fourth-order valence-electron chi connectivity index (χ4n) is 3.27. The zero-order valence-corrected chi connectivity index (χ0v) is 10.0. The van der Waals surface area contributed by atoms with Gasteiger partial charge in [0.05, 0.1) is 7.11 Å². The molecule has 0 heterocycles. The molecule has 0 spiro atoms. The van der Waals surface area contributed by atoms with Crippen LogP contribution in [0.2, 0.25) is 0 Å². The molecule has 3 rings (SSSR count). The Hall–Kier alpha value is -1.09. The molecule has 2 saturated carbocycles. The average Bonchev–Trinajstić information content (AvgIpc) is 2.95. The van der Waals surface area contributed by atoms with Crippen LogP contribution in [-0.2, 0) is 0 Å². The second kappa shape index (κ2) is 3.98. The topological polar surface area (TPSA) is 35.2 Å². The van der Waals surface area contributed by atoms with Gasteiger partial charge in [-0.25, -0.2) is 4.39 Å². The molecule has 92 valence electrons. The van der Waals surface area contributed by atoms with Crippen LogP contribution in [-0.4, -0.2) is 7.11 Å². The van der Waals surface area contributed by atoms with Crippen molar-refractivity contribution in [2.45, 2.75) is 25.3 Å². The van der Waals surface area contributed by atoms with Gasteiger partial charge in [-0.3, -0.25) is 0 Å². The molecule has 2 N–H and O–H groups in total. The minimum atomic E-state index is -0.237. The maximum Gasteiger partial charge on any atom is 0.123 e. The second-order valence-corrected chi connectivity index (χ2v) is 5.40. The van der Waals surface area contributed by atoms with E-state index < -0.39 is 0 Å². The lowest BCUT2D eigenvalue weighted by molar-refractivity contribution is 0.369. The highest BCUT2D eigenvalue weighted by Gasteiger charge is 2.47. The molecule has 2 fully saturated rings. The van der Waals surface area contributed by atoms with Crippen molar-refractivity contribution in [2.24, 2.45) is 23.5 Å². The Morgan fingerprint density at radius 1 is 1.29 bits per heavy atom. The van der Waals surface area contributed by atoms with Crippen molar-refractivity contribution in [3.63, 3.8) is 0 Å². The number of nitrogens with two attached hydrogens (primary N) is 1. The maximum atomic E-state index is 13.3. The van der Waals surface area contributed by atoms with Gasteiger partial charge < -0.3 is 10.5 Å². The summed E-state index contributed by atoms with van der Waals surface area (Å²) in [6.45, 7) is 0. The van der Waals surface area contributed by atoms with Crippen LogP contribution < -0.4 is 10.5 Å². The molecular formula is C14H18FNO. The first-order valence-electron chi connectivity index (χ1n) is 6.28. The van der Waals surface area contributed by atoms with Gasteiger partial charge in [-0.15, -0.1) is 0 Å². The van der Waals surface area contributed by atoms with Crippen LogP contribution in [0.5, 0.6) is 5.75 Å². The van der Waals surface area contributed by atoms with E-state index in [1.807, 2.05) is 0 Å². The summed E-state index contributed by atoms with van der Waals surface area (Å²) in [7, 11) is 1.61. The molecule has 2 nitrogen and oxygen atoms in total. The van der Waals surface area contributed by atoms with Crippen LogP contribution in [0.25, 0.3) is 0 Å². The molecule has 2 aliphatic rings. The normalized spacial score (nSPS) is 32.1. The van der Waals surface area contributed by atoms with Crippen molar-refractivity contribution in [2.75, 3.05) is 7.11 Å². The van der Waals surface area contributed by atoms with Gasteiger partial charge in [-0.1, -0.05) is 0 Å². The van der Waals surface area contributed by atoms with Crippen molar-refractivity contribution in [3.05, 3.63) is 29.6 Å². The fraction of sp³-hybridized carbons (Fsp3) is 0.571. The van der Waals surface area contributed by atoms with E-state index in [9.17, 15) is 4.39 Å². The lowest BCUT2D eigenvalue weighted by atomic mass is 9.89. The number of methoxy groups -OCH3 is 1. The zero-order chi connectivity index (χ0) is 12.0. The molecule has 1 aromatic carbocycles. The molecule has 3 unspecified atom stereocenters. The molecule has 1 aromatic rings. The van der Waals surface area contributed by atoms with Crippen LogP contribution in [0, 0.1) is 23.6 Å². The Morgan fingerprint density at radius 3 is 2.65 bits per heavy atom. The van der Waals surface area contributed by atoms with E-state index >= 15 is 0 Å². The monoisotopic (exact) mass is 235 g/mol. The highest BCUT2D eigenvalue weighted by atomic mass is 19.1. The maximum absolute atomic E-state index is 13.3. The van der Waals surface area contributed by atoms with E-state index in [4.69, 9.17) is 10.5 Å². The summed E-state index contributed by atoms with van der Waals surface area (Å²) in [5.41, 5.74) is 7.10. The lowest BCUT2D eigenvalue weighted by Crippen LogP contribution is -2.21. The number of halogens is 1. The van der Waals surface area contributed by atoms with Gasteiger partial charge in [-0.05, 0) is 55.2 Å². The Labute approximate surface area is 101 Å². The van der Waals surface area contributed by atoms with Gasteiger partial charge in [0.25, 0.3) is 0 Å². The number of ether oxygens (including phenoxy) is 1.